The van der Waals surface area contributed by atoms with Crippen molar-refractivity contribution < 1.29 is 9.53 Å². The van der Waals surface area contributed by atoms with Crippen molar-refractivity contribution in [2.45, 2.75) is 27.2 Å². The Morgan fingerprint density at radius 2 is 1.97 bits per heavy atom. The monoisotopic (exact) mass is 412 g/mol. The Kier molecular flexibility index (Phi) is 5.21. The molecule has 1 aliphatic heterocycles. The Bertz CT molecular complexity index is 1070. The number of carbonyl (C=O) groups excluding carboxylic acids is 1. The van der Waals surface area contributed by atoms with Gasteiger partial charge in [0, 0.05) is 25.4 Å². The van der Waals surface area contributed by atoms with E-state index in [1.54, 1.807) is 18.0 Å². The molecule has 0 radical (unpaired) electrons. The number of amides is 1. The molecule has 2 atom stereocenters. The summed E-state index contributed by atoms with van der Waals surface area (Å²) >= 11 is 6.73. The highest BCUT2D eigenvalue weighted by atomic mass is 35.5. The van der Waals surface area contributed by atoms with Gasteiger partial charge in [-0.05, 0) is 37.3 Å². The van der Waals surface area contributed by atoms with E-state index in [1.165, 1.54) is 0 Å². The summed E-state index contributed by atoms with van der Waals surface area (Å²) in [6, 6.07) is 7.59. The van der Waals surface area contributed by atoms with Crippen LogP contribution in [-0.4, -0.2) is 45.8 Å². The summed E-state index contributed by atoms with van der Waals surface area (Å²) in [6.07, 6.45) is 2.72. The van der Waals surface area contributed by atoms with Gasteiger partial charge in [-0.2, -0.15) is 5.10 Å². The van der Waals surface area contributed by atoms with Crippen molar-refractivity contribution in [2.75, 3.05) is 20.2 Å². The quantitative estimate of drug-likeness (QED) is 0.635. The van der Waals surface area contributed by atoms with E-state index in [0.29, 0.717) is 33.5 Å². The number of pyridine rings is 1. The molecule has 0 bridgehead atoms. The van der Waals surface area contributed by atoms with Crippen molar-refractivity contribution in [1.82, 2.24) is 19.7 Å². The molecule has 4 rings (SSSR count). The van der Waals surface area contributed by atoms with Crippen LogP contribution in [0.15, 0.2) is 30.5 Å². The molecule has 1 amide bonds. The van der Waals surface area contributed by atoms with E-state index in [4.69, 9.17) is 16.3 Å². The first-order valence-electron chi connectivity index (χ1n) is 9.86. The third kappa shape index (κ3) is 3.57. The van der Waals surface area contributed by atoms with Crippen molar-refractivity contribution in [3.8, 4) is 11.4 Å². The average molecular weight is 413 g/mol. The van der Waals surface area contributed by atoms with Crippen molar-refractivity contribution in [3.63, 3.8) is 0 Å². The van der Waals surface area contributed by atoms with Gasteiger partial charge >= 0.3 is 0 Å². The topological polar surface area (TPSA) is 60.3 Å². The van der Waals surface area contributed by atoms with Gasteiger partial charge in [-0.25, -0.2) is 9.67 Å². The highest BCUT2D eigenvalue weighted by molar-refractivity contribution is 6.38. The lowest BCUT2D eigenvalue weighted by Gasteiger charge is -2.35. The number of rotatable bonds is 3. The van der Waals surface area contributed by atoms with E-state index in [-0.39, 0.29) is 5.91 Å². The number of benzene rings is 1. The smallest absolute Gasteiger partial charge is 0.256 e. The minimum Gasteiger partial charge on any atom is -0.497 e. The minimum atomic E-state index is -0.0590. The van der Waals surface area contributed by atoms with Crippen LogP contribution in [0.2, 0.25) is 5.02 Å². The number of hydrogen-bond donors (Lipinski definition) is 0. The Labute approximate surface area is 175 Å². The van der Waals surface area contributed by atoms with Crippen LogP contribution >= 0.6 is 11.6 Å². The number of methoxy groups -OCH3 is 1. The first-order valence-corrected chi connectivity index (χ1v) is 10.2. The standard InChI is InChI=1S/C22H25ClN4O2/c1-13-8-14(2)12-26(11-13)22(28)18-10-24-21-19(20(18)23)15(3)25-27(21)16-6-5-7-17(9-16)29-4/h5-7,9-10,13-14H,8,11-12H2,1-4H3/t13-,14-/m1/s1. The van der Waals surface area contributed by atoms with Gasteiger partial charge in [0.2, 0.25) is 0 Å². The number of likely N-dealkylation sites (tertiary alicyclic amines) is 1. The molecule has 1 saturated heterocycles. The lowest BCUT2D eigenvalue weighted by atomic mass is 9.91. The predicted molar refractivity (Wildman–Crippen MR) is 114 cm³/mol. The highest BCUT2D eigenvalue weighted by Gasteiger charge is 2.29. The van der Waals surface area contributed by atoms with Gasteiger partial charge in [0.25, 0.3) is 5.91 Å². The molecule has 7 heteroatoms. The van der Waals surface area contributed by atoms with Crippen LogP contribution < -0.4 is 4.74 Å². The number of nitrogens with zero attached hydrogens (tertiary/aromatic N) is 4. The second-order valence-corrected chi connectivity index (χ2v) is 8.42. The molecule has 0 aliphatic carbocycles. The molecule has 6 nitrogen and oxygen atoms in total. The molecule has 3 aromatic rings. The van der Waals surface area contributed by atoms with Crippen LogP contribution in [-0.2, 0) is 0 Å². The zero-order valence-electron chi connectivity index (χ0n) is 17.1. The fraction of sp³-hybridized carbons (Fsp3) is 0.409. The Morgan fingerprint density at radius 3 is 2.66 bits per heavy atom. The van der Waals surface area contributed by atoms with Crippen LogP contribution in [0.4, 0.5) is 0 Å². The third-order valence-electron chi connectivity index (χ3n) is 5.49. The summed E-state index contributed by atoms with van der Waals surface area (Å²) in [5, 5.41) is 5.74. The average Bonchev–Trinajstić information content (AvgIpc) is 3.04. The minimum absolute atomic E-state index is 0.0590. The number of ether oxygens (including phenoxy) is 1. The Balaban J connectivity index is 1.77. The van der Waals surface area contributed by atoms with Crippen molar-refractivity contribution in [1.29, 1.82) is 0 Å². The van der Waals surface area contributed by atoms with Crippen LogP contribution in [0.25, 0.3) is 16.7 Å². The van der Waals surface area contributed by atoms with E-state index in [9.17, 15) is 4.79 Å². The fourth-order valence-electron chi connectivity index (χ4n) is 4.28. The van der Waals surface area contributed by atoms with Crippen LogP contribution in [0, 0.1) is 18.8 Å². The number of halogens is 1. The lowest BCUT2D eigenvalue weighted by Crippen LogP contribution is -2.42. The molecule has 0 N–H and O–H groups in total. The van der Waals surface area contributed by atoms with Gasteiger partial charge in [0.05, 0.1) is 34.5 Å². The second kappa shape index (κ2) is 7.67. The van der Waals surface area contributed by atoms with Crippen molar-refractivity contribution in [2.24, 2.45) is 11.8 Å². The number of aryl methyl sites for hydroxylation is 1. The fourth-order valence-corrected chi connectivity index (χ4v) is 4.63. The van der Waals surface area contributed by atoms with Crippen molar-refractivity contribution in [3.05, 3.63) is 46.7 Å². The Hall–Kier alpha value is -2.60. The number of fused-ring (bicyclic) bond motifs is 1. The van der Waals surface area contributed by atoms with E-state index >= 15 is 0 Å². The summed E-state index contributed by atoms with van der Waals surface area (Å²) in [7, 11) is 1.63. The molecular formula is C22H25ClN4O2. The number of carbonyl (C=O) groups is 1. The maximum absolute atomic E-state index is 13.2. The molecule has 0 unspecified atom stereocenters. The van der Waals surface area contributed by atoms with Crippen LogP contribution in [0.5, 0.6) is 5.75 Å². The molecule has 2 aromatic heterocycles. The summed E-state index contributed by atoms with van der Waals surface area (Å²) < 4.78 is 7.05. The van der Waals surface area contributed by atoms with E-state index in [1.807, 2.05) is 36.1 Å². The molecule has 29 heavy (non-hydrogen) atoms. The maximum atomic E-state index is 13.2. The highest BCUT2D eigenvalue weighted by Crippen LogP contribution is 2.32. The SMILES string of the molecule is COc1cccc(-n2nc(C)c3c(Cl)c(C(=O)N4C[C@H](C)C[C@@H](C)C4)cnc32)c1. The van der Waals surface area contributed by atoms with Gasteiger partial charge < -0.3 is 9.64 Å². The van der Waals surface area contributed by atoms with Crippen LogP contribution in [0.3, 0.4) is 0 Å². The van der Waals surface area contributed by atoms with Crippen LogP contribution in [0.1, 0.15) is 36.3 Å². The molecular weight excluding hydrogens is 388 g/mol. The largest absolute Gasteiger partial charge is 0.497 e. The molecule has 0 saturated carbocycles. The molecule has 152 valence electrons. The van der Waals surface area contributed by atoms with Gasteiger partial charge in [0.15, 0.2) is 5.65 Å². The van der Waals surface area contributed by atoms with E-state index < -0.39 is 0 Å². The summed E-state index contributed by atoms with van der Waals surface area (Å²) in [5.74, 6) is 1.64. The van der Waals surface area contributed by atoms with Gasteiger partial charge in [-0.15, -0.1) is 0 Å². The first-order chi connectivity index (χ1) is 13.9. The molecule has 0 spiro atoms. The lowest BCUT2D eigenvalue weighted by molar-refractivity contribution is 0.0623. The van der Waals surface area contributed by atoms with Gasteiger partial charge in [0.1, 0.15) is 5.75 Å². The van der Waals surface area contributed by atoms with Crippen molar-refractivity contribution >= 4 is 28.5 Å². The predicted octanol–water partition coefficient (Wildman–Crippen LogP) is 4.51. The maximum Gasteiger partial charge on any atom is 0.256 e. The number of aromatic nitrogens is 3. The van der Waals surface area contributed by atoms with Gasteiger partial charge in [-0.1, -0.05) is 31.5 Å². The molecule has 1 aliphatic rings. The normalized spacial score (nSPS) is 19.6. The van der Waals surface area contributed by atoms with Gasteiger partial charge in [-0.3, -0.25) is 4.79 Å². The zero-order chi connectivity index (χ0) is 20.7. The number of piperidine rings is 1. The molecule has 3 heterocycles. The molecule has 1 aromatic carbocycles. The first kappa shape index (κ1) is 19.7. The number of hydrogen-bond acceptors (Lipinski definition) is 4. The van der Waals surface area contributed by atoms with E-state index in [0.717, 1.165) is 36.6 Å². The summed E-state index contributed by atoms with van der Waals surface area (Å²) in [4.78, 5) is 19.7. The third-order valence-corrected chi connectivity index (χ3v) is 5.88. The summed E-state index contributed by atoms with van der Waals surface area (Å²) in [6.45, 7) is 7.74. The second-order valence-electron chi connectivity index (χ2n) is 8.04. The Morgan fingerprint density at radius 1 is 1.24 bits per heavy atom. The van der Waals surface area contributed by atoms with E-state index in [2.05, 4.69) is 23.9 Å². The molecule has 1 fully saturated rings. The zero-order valence-corrected chi connectivity index (χ0v) is 17.9. The summed E-state index contributed by atoms with van der Waals surface area (Å²) in [5.41, 5.74) is 2.62.